The van der Waals surface area contributed by atoms with Gasteiger partial charge >= 0.3 is 0 Å². The summed E-state index contributed by atoms with van der Waals surface area (Å²) < 4.78 is 5.59. The van der Waals surface area contributed by atoms with Crippen LogP contribution in [0, 0.1) is 0 Å². The van der Waals surface area contributed by atoms with Crippen molar-refractivity contribution in [3.05, 3.63) is 0 Å². The number of halogens is 1. The summed E-state index contributed by atoms with van der Waals surface area (Å²) >= 11 is 3.44. The van der Waals surface area contributed by atoms with E-state index in [2.05, 4.69) is 29.8 Å². The van der Waals surface area contributed by atoms with E-state index >= 15 is 0 Å². The Morgan fingerprint density at radius 3 is 2.00 bits per heavy atom. The lowest BCUT2D eigenvalue weighted by atomic mass is 9.95. The van der Waals surface area contributed by atoms with Crippen LogP contribution in [0.15, 0.2) is 0 Å². The molecule has 1 nitrogen and oxygen atoms in total. The summed E-state index contributed by atoms with van der Waals surface area (Å²) in [5.41, 5.74) is 0.190. The summed E-state index contributed by atoms with van der Waals surface area (Å²) in [6, 6.07) is 0. The summed E-state index contributed by atoms with van der Waals surface area (Å²) in [6.45, 7) is 4.40. The molecule has 0 aromatic carbocycles. The molecule has 0 N–H and O–H groups in total. The molecule has 0 bridgehead atoms. The van der Waals surface area contributed by atoms with Gasteiger partial charge in [0.2, 0.25) is 0 Å². The highest BCUT2D eigenvalue weighted by molar-refractivity contribution is 9.09. The normalized spacial score (nSPS) is 12.3. The third-order valence-corrected chi connectivity index (χ3v) is 3.53. The summed E-state index contributed by atoms with van der Waals surface area (Å²) in [5, 5.41) is 1.05. The van der Waals surface area contributed by atoms with Crippen molar-refractivity contribution in [2.75, 3.05) is 5.33 Å². The topological polar surface area (TPSA) is 9.23 Å². The van der Waals surface area contributed by atoms with Crippen molar-refractivity contribution in [3.63, 3.8) is 0 Å². The van der Waals surface area contributed by atoms with Crippen LogP contribution in [-0.2, 0) is 4.43 Å². The van der Waals surface area contributed by atoms with Crippen LogP contribution in [0.3, 0.4) is 0 Å². The molecule has 0 aliphatic carbocycles. The van der Waals surface area contributed by atoms with Crippen LogP contribution >= 0.6 is 15.9 Å². The molecule has 62 valence electrons. The molecule has 0 aromatic heterocycles. The van der Waals surface area contributed by atoms with Crippen molar-refractivity contribution in [1.29, 1.82) is 0 Å². The number of hydrogen-bond donors (Lipinski definition) is 0. The first kappa shape index (κ1) is 10.7. The van der Waals surface area contributed by atoms with Crippen molar-refractivity contribution in [2.45, 2.75) is 38.7 Å². The van der Waals surface area contributed by atoms with Gasteiger partial charge < -0.3 is 4.43 Å². The number of alkyl halides is 1. The van der Waals surface area contributed by atoms with Gasteiger partial charge in [-0.15, -0.1) is 0 Å². The molecule has 0 amide bonds. The minimum absolute atomic E-state index is 0.190. The van der Waals surface area contributed by atoms with Gasteiger partial charge in [-0.25, -0.2) is 0 Å². The Balaban J connectivity index is 3.87. The molecule has 0 saturated carbocycles. The van der Waals surface area contributed by atoms with Crippen LogP contribution < -0.4 is 0 Å². The predicted octanol–water partition coefficient (Wildman–Crippen LogP) is 1.63. The van der Waals surface area contributed by atoms with E-state index < -0.39 is 0 Å². The Bertz CT molecular complexity index is 75.4. The monoisotopic (exact) mass is 224 g/mol. The first-order valence-corrected chi connectivity index (χ1v) is 5.79. The first-order chi connectivity index (χ1) is 4.74. The van der Waals surface area contributed by atoms with Crippen molar-refractivity contribution >= 4 is 26.4 Å². The zero-order chi connectivity index (χ0) is 8.04. The van der Waals surface area contributed by atoms with Gasteiger partial charge in [0.05, 0.1) is 5.60 Å². The average Bonchev–Trinajstić information content (AvgIpc) is 2.01. The SMILES string of the molecule is CCC(CC)(CCBr)O[SiH3]. The van der Waals surface area contributed by atoms with Gasteiger partial charge in [0.15, 0.2) is 0 Å². The largest absolute Gasteiger partial charge is 0.422 e. The lowest BCUT2D eigenvalue weighted by Crippen LogP contribution is -2.30. The maximum absolute atomic E-state index is 5.59. The van der Waals surface area contributed by atoms with Gasteiger partial charge in [-0.3, -0.25) is 0 Å². The van der Waals surface area contributed by atoms with Gasteiger partial charge in [0.1, 0.15) is 10.5 Å². The fourth-order valence-corrected chi connectivity index (χ4v) is 2.67. The average molecular weight is 225 g/mol. The minimum atomic E-state index is 0.190. The number of hydrogen-bond acceptors (Lipinski definition) is 1. The Labute approximate surface area is 75.2 Å². The predicted molar refractivity (Wildman–Crippen MR) is 52.7 cm³/mol. The lowest BCUT2D eigenvalue weighted by molar-refractivity contribution is 0.0684. The first-order valence-electron chi connectivity index (χ1n) is 3.85. The van der Waals surface area contributed by atoms with E-state index in [4.69, 9.17) is 4.43 Å². The Morgan fingerprint density at radius 1 is 1.40 bits per heavy atom. The van der Waals surface area contributed by atoms with Crippen LogP contribution in [0.25, 0.3) is 0 Å². The second kappa shape index (κ2) is 5.33. The Kier molecular flexibility index (Phi) is 5.68. The second-order valence-corrected chi connectivity index (χ2v) is 3.73. The van der Waals surface area contributed by atoms with Crippen LogP contribution in [0.2, 0.25) is 0 Å². The van der Waals surface area contributed by atoms with Gasteiger partial charge in [0, 0.05) is 5.33 Å². The smallest absolute Gasteiger partial charge is 0.146 e. The molecule has 0 radical (unpaired) electrons. The summed E-state index contributed by atoms with van der Waals surface area (Å²) in [6.07, 6.45) is 3.42. The minimum Gasteiger partial charge on any atom is -0.422 e. The van der Waals surface area contributed by atoms with Crippen LogP contribution in [0.1, 0.15) is 33.1 Å². The van der Waals surface area contributed by atoms with Crippen molar-refractivity contribution in [2.24, 2.45) is 0 Å². The summed E-state index contributed by atoms with van der Waals surface area (Å²) in [4.78, 5) is 0. The second-order valence-electron chi connectivity index (χ2n) is 2.53. The Morgan fingerprint density at radius 2 is 1.90 bits per heavy atom. The molecule has 0 atom stereocenters. The molecule has 0 heterocycles. The molecular formula is C7H17BrOSi. The van der Waals surface area contributed by atoms with Gasteiger partial charge in [0.25, 0.3) is 0 Å². The molecule has 0 aliphatic heterocycles. The highest BCUT2D eigenvalue weighted by Crippen LogP contribution is 2.23. The standard InChI is InChI=1S/C7H17BrOSi/c1-3-7(4-2,9-10)5-6-8/h3-6H2,1-2,10H3. The van der Waals surface area contributed by atoms with Crippen molar-refractivity contribution in [1.82, 2.24) is 0 Å². The van der Waals surface area contributed by atoms with E-state index in [9.17, 15) is 0 Å². The van der Waals surface area contributed by atoms with Crippen molar-refractivity contribution in [3.8, 4) is 0 Å². The highest BCUT2D eigenvalue weighted by Gasteiger charge is 2.22. The summed E-state index contributed by atoms with van der Waals surface area (Å²) in [7, 11) is 0.859. The van der Waals surface area contributed by atoms with Crippen LogP contribution in [0.5, 0.6) is 0 Å². The third kappa shape index (κ3) is 2.72. The van der Waals surface area contributed by atoms with Gasteiger partial charge in [-0.2, -0.15) is 0 Å². The molecule has 10 heavy (non-hydrogen) atoms. The molecule has 0 spiro atoms. The van der Waals surface area contributed by atoms with E-state index in [1.165, 1.54) is 0 Å². The molecule has 0 unspecified atom stereocenters. The molecule has 0 fully saturated rings. The van der Waals surface area contributed by atoms with E-state index in [0.29, 0.717) is 0 Å². The molecule has 3 heteroatoms. The molecule has 0 aromatic rings. The van der Waals surface area contributed by atoms with Gasteiger partial charge in [-0.1, -0.05) is 29.8 Å². The van der Waals surface area contributed by atoms with Crippen LogP contribution in [-0.4, -0.2) is 21.4 Å². The van der Waals surface area contributed by atoms with E-state index in [1.807, 2.05) is 0 Å². The summed E-state index contributed by atoms with van der Waals surface area (Å²) in [5.74, 6) is 0. The lowest BCUT2D eigenvalue weighted by Gasteiger charge is -2.30. The Hall–Kier alpha value is 0.657. The quantitative estimate of drug-likeness (QED) is 0.510. The fraction of sp³-hybridized carbons (Fsp3) is 1.00. The van der Waals surface area contributed by atoms with E-state index in [1.54, 1.807) is 0 Å². The zero-order valence-electron chi connectivity index (χ0n) is 7.11. The zero-order valence-corrected chi connectivity index (χ0v) is 10.7. The highest BCUT2D eigenvalue weighted by atomic mass is 79.9. The van der Waals surface area contributed by atoms with Gasteiger partial charge in [-0.05, 0) is 19.3 Å². The van der Waals surface area contributed by atoms with Crippen molar-refractivity contribution < 1.29 is 4.43 Å². The molecule has 0 rings (SSSR count). The molecule has 0 saturated heterocycles. The fourth-order valence-electron chi connectivity index (χ4n) is 1.17. The third-order valence-electron chi connectivity index (χ3n) is 2.27. The molecular weight excluding hydrogens is 208 g/mol. The molecule has 0 aliphatic rings. The maximum atomic E-state index is 5.59. The number of rotatable bonds is 5. The van der Waals surface area contributed by atoms with E-state index in [-0.39, 0.29) is 5.60 Å². The van der Waals surface area contributed by atoms with E-state index in [0.717, 1.165) is 35.1 Å². The van der Waals surface area contributed by atoms with Crippen LogP contribution in [0.4, 0.5) is 0 Å². The maximum Gasteiger partial charge on any atom is 0.146 e.